The summed E-state index contributed by atoms with van der Waals surface area (Å²) in [5.74, 6) is 1.52. The van der Waals surface area contributed by atoms with Crippen LogP contribution in [0.5, 0.6) is 0 Å². The monoisotopic (exact) mass is 212 g/mol. The molecule has 0 aliphatic heterocycles. The molecule has 0 saturated carbocycles. The minimum absolute atomic E-state index is 0.313. The molecule has 2 aromatic heterocycles. The Morgan fingerprint density at radius 3 is 2.75 bits per heavy atom. The highest BCUT2D eigenvalue weighted by Crippen LogP contribution is 2.25. The van der Waals surface area contributed by atoms with Gasteiger partial charge in [-0.2, -0.15) is 0 Å². The van der Waals surface area contributed by atoms with E-state index in [0.717, 1.165) is 11.4 Å². The molecule has 0 fully saturated rings. The Balaban J connectivity index is 2.50. The van der Waals surface area contributed by atoms with E-state index in [9.17, 15) is 0 Å². The van der Waals surface area contributed by atoms with Gasteiger partial charge in [0.2, 0.25) is 5.82 Å². The van der Waals surface area contributed by atoms with Gasteiger partial charge < -0.3 is 4.85 Å². The van der Waals surface area contributed by atoms with Gasteiger partial charge >= 0.3 is 0 Å². The number of aromatic nitrogens is 3. The summed E-state index contributed by atoms with van der Waals surface area (Å²) in [5.41, 5.74) is 0.985. The third-order valence-corrected chi connectivity index (χ3v) is 2.39. The zero-order valence-electron chi connectivity index (χ0n) is 9.25. The lowest BCUT2D eigenvalue weighted by Crippen LogP contribution is -1.97. The molecule has 16 heavy (non-hydrogen) atoms. The van der Waals surface area contributed by atoms with Crippen molar-refractivity contribution in [2.45, 2.75) is 19.8 Å². The molecule has 0 amide bonds. The number of hydrogen-bond donors (Lipinski definition) is 0. The van der Waals surface area contributed by atoms with Gasteiger partial charge in [0.15, 0.2) is 0 Å². The van der Waals surface area contributed by atoms with Crippen LogP contribution in [0.25, 0.3) is 10.7 Å². The maximum absolute atomic E-state index is 7.14. The Kier molecular flexibility index (Phi) is 2.69. The van der Waals surface area contributed by atoms with Crippen LogP contribution in [-0.4, -0.2) is 14.5 Å². The first-order valence-electron chi connectivity index (χ1n) is 5.09. The van der Waals surface area contributed by atoms with Crippen LogP contribution in [0, 0.1) is 6.57 Å². The second-order valence-electron chi connectivity index (χ2n) is 3.82. The summed E-state index contributed by atoms with van der Waals surface area (Å²) in [6, 6.07) is 3.87. The summed E-state index contributed by atoms with van der Waals surface area (Å²) in [6.07, 6.45) is 5.17. The van der Waals surface area contributed by atoms with Crippen LogP contribution in [0.4, 0.5) is 5.82 Å². The fourth-order valence-corrected chi connectivity index (χ4v) is 1.53. The number of pyridine rings is 1. The summed E-state index contributed by atoms with van der Waals surface area (Å²) in [7, 11) is 0. The van der Waals surface area contributed by atoms with Gasteiger partial charge in [0.05, 0.1) is 0 Å². The highest BCUT2D eigenvalue weighted by Gasteiger charge is 2.11. The molecule has 0 atom stereocenters. The molecule has 0 aliphatic rings. The van der Waals surface area contributed by atoms with Crippen molar-refractivity contribution in [3.8, 4) is 5.82 Å². The maximum atomic E-state index is 7.14. The van der Waals surface area contributed by atoms with Crippen molar-refractivity contribution in [3.05, 3.63) is 47.8 Å². The lowest BCUT2D eigenvalue weighted by molar-refractivity contribution is 0.859. The smallest absolute Gasteiger partial charge is 0.275 e. The molecule has 2 aromatic rings. The van der Waals surface area contributed by atoms with Crippen molar-refractivity contribution in [3.63, 3.8) is 0 Å². The third-order valence-electron chi connectivity index (χ3n) is 2.39. The molecule has 0 saturated heterocycles. The molecule has 4 nitrogen and oxygen atoms in total. The van der Waals surface area contributed by atoms with Crippen molar-refractivity contribution in [1.82, 2.24) is 14.5 Å². The van der Waals surface area contributed by atoms with Gasteiger partial charge in [0, 0.05) is 18.5 Å². The van der Waals surface area contributed by atoms with E-state index >= 15 is 0 Å². The normalized spacial score (nSPS) is 10.4. The van der Waals surface area contributed by atoms with Crippen LogP contribution in [-0.2, 0) is 0 Å². The summed E-state index contributed by atoms with van der Waals surface area (Å²) in [6.45, 7) is 11.3. The van der Waals surface area contributed by atoms with E-state index < -0.39 is 0 Å². The van der Waals surface area contributed by atoms with Gasteiger partial charge in [-0.1, -0.05) is 26.5 Å². The second-order valence-corrected chi connectivity index (χ2v) is 3.82. The van der Waals surface area contributed by atoms with E-state index in [2.05, 4.69) is 28.7 Å². The fourth-order valence-electron chi connectivity index (χ4n) is 1.53. The molecule has 0 aliphatic carbocycles. The standard InChI is InChI=1S/C12H12N4/c1-9(2)10-4-5-11(15-12(10)13-3)16-7-6-14-8-16/h4-9H,1-2H3. The van der Waals surface area contributed by atoms with Crippen LogP contribution in [0.3, 0.4) is 0 Å². The van der Waals surface area contributed by atoms with Gasteiger partial charge in [-0.15, -0.1) is 4.98 Å². The number of imidazole rings is 1. The minimum Gasteiger partial charge on any atom is -0.360 e. The molecule has 80 valence electrons. The van der Waals surface area contributed by atoms with Crippen LogP contribution in [0.15, 0.2) is 30.9 Å². The molecule has 0 unspecified atom stereocenters. The Bertz CT molecular complexity index is 520. The van der Waals surface area contributed by atoms with Gasteiger partial charge in [-0.05, 0) is 11.5 Å². The predicted molar refractivity (Wildman–Crippen MR) is 61.7 cm³/mol. The molecule has 0 spiro atoms. The van der Waals surface area contributed by atoms with Gasteiger partial charge in [-0.25, -0.2) is 4.98 Å². The van der Waals surface area contributed by atoms with Gasteiger partial charge in [0.25, 0.3) is 5.82 Å². The van der Waals surface area contributed by atoms with E-state index in [4.69, 9.17) is 6.57 Å². The van der Waals surface area contributed by atoms with E-state index in [1.807, 2.05) is 18.3 Å². The van der Waals surface area contributed by atoms with Crippen molar-refractivity contribution < 1.29 is 0 Å². The van der Waals surface area contributed by atoms with Crippen LogP contribution in [0.2, 0.25) is 0 Å². The fraction of sp³-hybridized carbons (Fsp3) is 0.250. The average molecular weight is 212 g/mol. The first kappa shape index (κ1) is 10.4. The first-order chi connectivity index (χ1) is 7.72. The summed E-state index contributed by atoms with van der Waals surface area (Å²) in [5, 5.41) is 0. The van der Waals surface area contributed by atoms with Crippen molar-refractivity contribution >= 4 is 5.82 Å². The molecule has 2 rings (SSSR count). The molecule has 0 bridgehead atoms. The minimum atomic E-state index is 0.313. The topological polar surface area (TPSA) is 35.1 Å². The summed E-state index contributed by atoms with van der Waals surface area (Å²) < 4.78 is 1.79. The number of nitrogens with zero attached hydrogens (tertiary/aromatic N) is 4. The zero-order valence-corrected chi connectivity index (χ0v) is 9.25. The first-order valence-corrected chi connectivity index (χ1v) is 5.09. The summed E-state index contributed by atoms with van der Waals surface area (Å²) in [4.78, 5) is 11.7. The SMILES string of the molecule is [C-]#[N+]c1nc(-n2ccnc2)ccc1C(C)C. The summed E-state index contributed by atoms with van der Waals surface area (Å²) >= 11 is 0. The van der Waals surface area contributed by atoms with E-state index in [0.29, 0.717) is 11.7 Å². The second kappa shape index (κ2) is 4.15. The zero-order chi connectivity index (χ0) is 11.5. The molecule has 0 radical (unpaired) electrons. The van der Waals surface area contributed by atoms with Crippen LogP contribution < -0.4 is 0 Å². The quantitative estimate of drug-likeness (QED) is 0.717. The predicted octanol–water partition coefficient (Wildman–Crippen LogP) is 2.94. The maximum Gasteiger partial charge on any atom is 0.275 e. The molecule has 0 aromatic carbocycles. The average Bonchev–Trinajstić information content (AvgIpc) is 2.81. The molecule has 4 heteroatoms. The van der Waals surface area contributed by atoms with Crippen LogP contribution >= 0.6 is 0 Å². The van der Waals surface area contributed by atoms with E-state index in [-0.39, 0.29) is 0 Å². The van der Waals surface area contributed by atoms with Crippen molar-refractivity contribution in [1.29, 1.82) is 0 Å². The molecular formula is C12H12N4. The van der Waals surface area contributed by atoms with Crippen LogP contribution in [0.1, 0.15) is 25.3 Å². The Morgan fingerprint density at radius 2 is 2.19 bits per heavy atom. The van der Waals surface area contributed by atoms with E-state index in [1.165, 1.54) is 0 Å². The van der Waals surface area contributed by atoms with Crippen molar-refractivity contribution in [2.75, 3.05) is 0 Å². The number of hydrogen-bond acceptors (Lipinski definition) is 2. The van der Waals surface area contributed by atoms with Gasteiger partial charge in [0.1, 0.15) is 6.33 Å². The Hall–Kier alpha value is -2.15. The van der Waals surface area contributed by atoms with Crippen molar-refractivity contribution in [2.24, 2.45) is 0 Å². The van der Waals surface area contributed by atoms with Gasteiger partial charge in [-0.3, -0.25) is 4.57 Å². The molecular weight excluding hydrogens is 200 g/mol. The Morgan fingerprint density at radius 1 is 1.38 bits per heavy atom. The lowest BCUT2D eigenvalue weighted by Gasteiger charge is -2.07. The molecule has 2 heterocycles. The highest BCUT2D eigenvalue weighted by molar-refractivity contribution is 5.50. The number of rotatable bonds is 2. The largest absolute Gasteiger partial charge is 0.360 e. The lowest BCUT2D eigenvalue weighted by atomic mass is 10.0. The highest BCUT2D eigenvalue weighted by atomic mass is 15.1. The third kappa shape index (κ3) is 1.80. The molecule has 0 N–H and O–H groups in total. The Labute approximate surface area is 94.4 Å². The van der Waals surface area contributed by atoms with E-state index in [1.54, 1.807) is 17.1 Å².